The van der Waals surface area contributed by atoms with Gasteiger partial charge in [-0.15, -0.1) is 0 Å². The molecule has 8 heteroatoms. The summed E-state index contributed by atoms with van der Waals surface area (Å²) in [6.07, 6.45) is 0. The summed E-state index contributed by atoms with van der Waals surface area (Å²) in [5.74, 6) is -0.991. The first-order valence-corrected chi connectivity index (χ1v) is 7.20. The molecular formula is C12H14N4O3S. The van der Waals surface area contributed by atoms with E-state index >= 15 is 0 Å². The van der Waals surface area contributed by atoms with Crippen molar-refractivity contribution >= 4 is 22.3 Å². The fourth-order valence-electron chi connectivity index (χ4n) is 2.63. The zero-order chi connectivity index (χ0) is 14.3. The molecule has 0 spiro atoms. The van der Waals surface area contributed by atoms with Crippen molar-refractivity contribution in [2.45, 2.75) is 13.5 Å². The average molecular weight is 294 g/mol. The van der Waals surface area contributed by atoms with Crippen molar-refractivity contribution in [3.8, 4) is 0 Å². The highest BCUT2D eigenvalue weighted by atomic mass is 32.1. The Labute approximate surface area is 118 Å². The van der Waals surface area contributed by atoms with Crippen LogP contribution in [0.3, 0.4) is 0 Å². The number of aromatic nitrogens is 3. The highest BCUT2D eigenvalue weighted by molar-refractivity contribution is 7.14. The quantitative estimate of drug-likeness (QED) is 0.876. The Bertz CT molecular complexity index is 710. The average Bonchev–Trinajstić information content (AvgIpc) is 2.96. The van der Waals surface area contributed by atoms with E-state index in [9.17, 15) is 9.59 Å². The fourth-order valence-corrected chi connectivity index (χ4v) is 3.27. The summed E-state index contributed by atoms with van der Waals surface area (Å²) in [4.78, 5) is 29.9. The minimum Gasteiger partial charge on any atom is -0.481 e. The normalized spacial score (nSPS) is 23.4. The summed E-state index contributed by atoms with van der Waals surface area (Å²) in [7, 11) is 0. The van der Waals surface area contributed by atoms with Crippen molar-refractivity contribution in [1.29, 1.82) is 0 Å². The minimum absolute atomic E-state index is 0.112. The van der Waals surface area contributed by atoms with Gasteiger partial charge < -0.3 is 5.11 Å². The van der Waals surface area contributed by atoms with Crippen LogP contribution >= 0.6 is 11.3 Å². The van der Waals surface area contributed by atoms with E-state index in [4.69, 9.17) is 5.11 Å². The molecule has 0 aliphatic carbocycles. The molecule has 0 aromatic carbocycles. The van der Waals surface area contributed by atoms with Gasteiger partial charge in [-0.1, -0.05) is 18.3 Å². The predicted molar refractivity (Wildman–Crippen MR) is 72.7 cm³/mol. The van der Waals surface area contributed by atoms with Gasteiger partial charge in [0.05, 0.1) is 11.6 Å². The van der Waals surface area contributed by atoms with E-state index in [0.29, 0.717) is 30.3 Å². The maximum absolute atomic E-state index is 11.8. The second-order valence-electron chi connectivity index (χ2n) is 5.13. The van der Waals surface area contributed by atoms with Crippen molar-refractivity contribution in [3.05, 3.63) is 27.6 Å². The lowest BCUT2D eigenvalue weighted by Crippen LogP contribution is -2.25. The molecule has 1 aliphatic rings. The Morgan fingerprint density at radius 3 is 3.05 bits per heavy atom. The number of carboxylic acids is 1. The number of carbonyl (C=O) groups is 1. The molecule has 0 saturated carbocycles. The van der Waals surface area contributed by atoms with Crippen LogP contribution in [0.2, 0.25) is 0 Å². The maximum Gasteiger partial charge on any atom is 0.308 e. The molecule has 3 heterocycles. The highest BCUT2D eigenvalue weighted by Gasteiger charge is 2.34. The molecule has 2 aromatic heterocycles. The SMILES string of the molecule is CC1CN(Cc2cc(=O)n3ncsc3n2)CC1C(=O)O. The standard InChI is InChI=1S/C12H14N4O3S/c1-7-3-15(5-9(7)11(18)19)4-8-2-10(17)16-12(14-8)20-6-13-16/h2,6-7,9H,3-5H2,1H3,(H,18,19). The molecule has 0 bridgehead atoms. The molecule has 1 saturated heterocycles. The first kappa shape index (κ1) is 13.2. The number of hydrogen-bond donors (Lipinski definition) is 1. The van der Waals surface area contributed by atoms with Crippen molar-refractivity contribution in [3.63, 3.8) is 0 Å². The molecule has 0 amide bonds. The minimum atomic E-state index is -0.758. The van der Waals surface area contributed by atoms with E-state index in [1.807, 2.05) is 11.8 Å². The lowest BCUT2D eigenvalue weighted by molar-refractivity contribution is -0.142. The highest BCUT2D eigenvalue weighted by Crippen LogP contribution is 2.24. The Morgan fingerprint density at radius 1 is 1.55 bits per heavy atom. The lowest BCUT2D eigenvalue weighted by Gasteiger charge is -2.14. The summed E-state index contributed by atoms with van der Waals surface area (Å²) < 4.78 is 1.26. The van der Waals surface area contributed by atoms with Gasteiger partial charge in [0, 0.05) is 25.7 Å². The van der Waals surface area contributed by atoms with E-state index in [2.05, 4.69) is 10.1 Å². The molecule has 2 atom stereocenters. The molecular weight excluding hydrogens is 280 g/mol. The Balaban J connectivity index is 1.80. The van der Waals surface area contributed by atoms with Crippen molar-refractivity contribution < 1.29 is 9.90 Å². The summed E-state index contributed by atoms with van der Waals surface area (Å²) in [5.41, 5.74) is 2.04. The fraction of sp³-hybridized carbons (Fsp3) is 0.500. The number of nitrogens with zero attached hydrogens (tertiary/aromatic N) is 4. The maximum atomic E-state index is 11.8. The van der Waals surface area contributed by atoms with E-state index in [0.717, 1.165) is 0 Å². The van der Waals surface area contributed by atoms with Gasteiger partial charge in [-0.05, 0) is 5.92 Å². The van der Waals surface area contributed by atoms with Crippen molar-refractivity contribution in [2.75, 3.05) is 13.1 Å². The van der Waals surface area contributed by atoms with Crippen LogP contribution in [0.1, 0.15) is 12.6 Å². The van der Waals surface area contributed by atoms with Gasteiger partial charge in [-0.3, -0.25) is 14.5 Å². The first-order chi connectivity index (χ1) is 9.54. The third-order valence-electron chi connectivity index (χ3n) is 3.63. The third-order valence-corrected chi connectivity index (χ3v) is 4.31. The van der Waals surface area contributed by atoms with E-state index < -0.39 is 5.97 Å². The monoisotopic (exact) mass is 294 g/mol. The Kier molecular flexibility index (Phi) is 3.27. The van der Waals surface area contributed by atoms with E-state index in [1.54, 1.807) is 5.51 Å². The number of hydrogen-bond acceptors (Lipinski definition) is 6. The topological polar surface area (TPSA) is 87.8 Å². The van der Waals surface area contributed by atoms with Crippen LogP contribution in [0.25, 0.3) is 4.96 Å². The molecule has 7 nitrogen and oxygen atoms in total. The van der Waals surface area contributed by atoms with Gasteiger partial charge in [0.1, 0.15) is 5.51 Å². The number of aliphatic carboxylic acids is 1. The zero-order valence-electron chi connectivity index (χ0n) is 10.9. The zero-order valence-corrected chi connectivity index (χ0v) is 11.7. The summed E-state index contributed by atoms with van der Waals surface area (Å²) in [6, 6.07) is 1.46. The molecule has 106 valence electrons. The largest absolute Gasteiger partial charge is 0.481 e. The molecule has 2 aromatic rings. The van der Waals surface area contributed by atoms with Crippen LogP contribution < -0.4 is 5.56 Å². The van der Waals surface area contributed by atoms with Crippen LogP contribution in [-0.2, 0) is 11.3 Å². The van der Waals surface area contributed by atoms with Crippen LogP contribution in [-0.4, -0.2) is 43.7 Å². The van der Waals surface area contributed by atoms with Crippen LogP contribution in [0.5, 0.6) is 0 Å². The smallest absolute Gasteiger partial charge is 0.308 e. The van der Waals surface area contributed by atoms with Crippen LogP contribution in [0, 0.1) is 11.8 Å². The third kappa shape index (κ3) is 2.32. The molecule has 20 heavy (non-hydrogen) atoms. The second kappa shape index (κ2) is 4.95. The molecule has 0 radical (unpaired) electrons. The molecule has 1 aliphatic heterocycles. The number of likely N-dealkylation sites (tertiary alicyclic amines) is 1. The molecule has 2 unspecified atom stereocenters. The Morgan fingerprint density at radius 2 is 2.35 bits per heavy atom. The second-order valence-corrected chi connectivity index (χ2v) is 5.95. The summed E-state index contributed by atoms with van der Waals surface area (Å²) in [6.45, 7) is 3.65. The van der Waals surface area contributed by atoms with Gasteiger partial charge in [0.25, 0.3) is 5.56 Å². The lowest BCUT2D eigenvalue weighted by atomic mass is 9.99. The van der Waals surface area contributed by atoms with Gasteiger partial charge in [-0.2, -0.15) is 9.61 Å². The summed E-state index contributed by atoms with van der Waals surface area (Å²) >= 11 is 1.31. The number of rotatable bonds is 3. The summed E-state index contributed by atoms with van der Waals surface area (Å²) in [5, 5.41) is 13.0. The van der Waals surface area contributed by atoms with Crippen molar-refractivity contribution in [2.24, 2.45) is 11.8 Å². The van der Waals surface area contributed by atoms with Crippen LogP contribution in [0.4, 0.5) is 0 Å². The van der Waals surface area contributed by atoms with Gasteiger partial charge in [0.15, 0.2) is 0 Å². The Hall–Kier alpha value is -1.80. The van der Waals surface area contributed by atoms with E-state index in [1.165, 1.54) is 21.9 Å². The first-order valence-electron chi connectivity index (χ1n) is 6.32. The molecule has 1 fully saturated rings. The van der Waals surface area contributed by atoms with Gasteiger partial charge in [0.2, 0.25) is 4.96 Å². The van der Waals surface area contributed by atoms with Gasteiger partial charge in [-0.25, -0.2) is 4.98 Å². The molecule has 3 rings (SSSR count). The number of carboxylic acid groups (broad SMARTS) is 1. The number of fused-ring (bicyclic) bond motifs is 1. The predicted octanol–water partition coefficient (Wildman–Crippen LogP) is 0.303. The van der Waals surface area contributed by atoms with E-state index in [-0.39, 0.29) is 17.4 Å². The van der Waals surface area contributed by atoms with Gasteiger partial charge >= 0.3 is 5.97 Å². The molecule has 1 N–H and O–H groups in total. The van der Waals surface area contributed by atoms with Crippen molar-refractivity contribution in [1.82, 2.24) is 19.5 Å². The van der Waals surface area contributed by atoms with Crippen LogP contribution in [0.15, 0.2) is 16.4 Å².